The van der Waals surface area contributed by atoms with E-state index in [0.29, 0.717) is 0 Å². The smallest absolute Gasteiger partial charge is 0.418 e. The van der Waals surface area contributed by atoms with E-state index >= 15 is 0 Å². The molecule has 4 aliphatic rings. The summed E-state index contributed by atoms with van der Waals surface area (Å²) < 4.78 is 39.0. The number of hydrogen-bond acceptors (Lipinski definition) is 8. The molecule has 4 fully saturated rings. The van der Waals surface area contributed by atoms with Crippen LogP contribution in [-0.2, 0) is 17.1 Å². The summed E-state index contributed by atoms with van der Waals surface area (Å²) in [6.07, 6.45) is 23.4. The molecule has 0 bridgehead atoms. The van der Waals surface area contributed by atoms with Crippen molar-refractivity contribution in [3.8, 4) is 24.8 Å². The standard InChI is InChI=1S/4C6H10N2.BF4.Cu/c4*7-6-8-4-2-1-3-5-8;2-1(3,4)5;/h4*1-5H2;;/q;;;;-1;+1. The van der Waals surface area contributed by atoms with Crippen molar-refractivity contribution >= 4 is 7.25 Å². The minimum Gasteiger partial charge on any atom is -0.418 e. The average Bonchev–Trinajstić information content (AvgIpc) is 2.95. The van der Waals surface area contributed by atoms with E-state index < -0.39 is 7.25 Å². The van der Waals surface area contributed by atoms with E-state index in [1.54, 1.807) is 0 Å². The van der Waals surface area contributed by atoms with Crippen LogP contribution in [0.1, 0.15) is 77.0 Å². The van der Waals surface area contributed by atoms with Crippen LogP contribution in [-0.4, -0.2) is 79.2 Å². The van der Waals surface area contributed by atoms with Gasteiger partial charge in [0.2, 0.25) is 0 Å². The van der Waals surface area contributed by atoms with Crippen molar-refractivity contribution in [2.45, 2.75) is 77.0 Å². The predicted molar refractivity (Wildman–Crippen MR) is 134 cm³/mol. The molecule has 0 unspecified atom stereocenters. The summed E-state index contributed by atoms with van der Waals surface area (Å²) in [6.45, 7) is 7.86. The summed E-state index contributed by atoms with van der Waals surface area (Å²) in [6, 6.07) is 0. The molecule has 0 radical (unpaired) electrons. The summed E-state index contributed by atoms with van der Waals surface area (Å²) in [4.78, 5) is 7.29. The maximum atomic E-state index is 9.75. The number of nitrogens with zero attached hydrogens (tertiary/aromatic N) is 8. The topological polar surface area (TPSA) is 108 Å². The molecule has 14 heteroatoms. The van der Waals surface area contributed by atoms with Crippen LogP contribution in [0.3, 0.4) is 0 Å². The molecule has 4 heterocycles. The van der Waals surface area contributed by atoms with Gasteiger partial charge in [0.15, 0.2) is 24.8 Å². The van der Waals surface area contributed by atoms with Gasteiger partial charge in [0.1, 0.15) is 0 Å². The Morgan fingerprint density at radius 2 is 0.500 bits per heavy atom. The SMILES string of the molecule is F[B-](F)(F)F.N#CN1CCCCC1.N#CN1CCCCC1.N#CN1CCCCC1.N#CN1CCCCC1.[Cu+]. The van der Waals surface area contributed by atoms with E-state index in [4.69, 9.17) is 21.0 Å². The van der Waals surface area contributed by atoms with Gasteiger partial charge in [0.05, 0.1) is 0 Å². The van der Waals surface area contributed by atoms with Crippen LogP contribution in [0.4, 0.5) is 17.3 Å². The number of hydrogen-bond donors (Lipinski definition) is 0. The number of likely N-dealkylation sites (tertiary alicyclic amines) is 4. The second kappa shape index (κ2) is 24.8. The molecular formula is C24H40BCuF4N8. The number of piperidine rings is 4. The number of halogens is 4. The van der Waals surface area contributed by atoms with Gasteiger partial charge in [-0.2, -0.15) is 21.0 Å². The fraction of sp³-hybridized carbons (Fsp3) is 0.833. The monoisotopic (exact) mass is 590 g/mol. The van der Waals surface area contributed by atoms with Crippen LogP contribution >= 0.6 is 0 Å². The van der Waals surface area contributed by atoms with E-state index in [0.717, 1.165) is 52.4 Å². The van der Waals surface area contributed by atoms with Gasteiger partial charge in [0.25, 0.3) is 0 Å². The van der Waals surface area contributed by atoms with Gasteiger partial charge >= 0.3 is 24.3 Å². The maximum Gasteiger partial charge on any atom is 1.00 e. The largest absolute Gasteiger partial charge is 1.00 e. The van der Waals surface area contributed by atoms with Gasteiger partial charge in [0, 0.05) is 52.4 Å². The third kappa shape index (κ3) is 25.1. The molecule has 38 heavy (non-hydrogen) atoms. The van der Waals surface area contributed by atoms with Crippen molar-refractivity contribution < 1.29 is 34.3 Å². The molecule has 218 valence electrons. The van der Waals surface area contributed by atoms with Crippen molar-refractivity contribution in [2.24, 2.45) is 0 Å². The van der Waals surface area contributed by atoms with Gasteiger partial charge in [-0.05, 0) is 77.0 Å². The molecule has 0 atom stereocenters. The molecule has 0 amide bonds. The van der Waals surface area contributed by atoms with E-state index in [9.17, 15) is 17.3 Å². The normalized spacial score (nSPS) is 18.5. The first-order valence-electron chi connectivity index (χ1n) is 13.2. The molecule has 0 aromatic rings. The molecule has 4 aliphatic heterocycles. The maximum absolute atomic E-state index is 9.75. The van der Waals surface area contributed by atoms with Crippen LogP contribution in [0.15, 0.2) is 0 Å². The summed E-state index contributed by atoms with van der Waals surface area (Å²) in [5.41, 5.74) is 0. The van der Waals surface area contributed by atoms with Gasteiger partial charge in [-0.3, -0.25) is 0 Å². The third-order valence-electron chi connectivity index (χ3n) is 5.99. The minimum absolute atomic E-state index is 0. The molecule has 0 aliphatic carbocycles. The molecular weight excluding hydrogens is 551 g/mol. The van der Waals surface area contributed by atoms with Crippen LogP contribution in [0, 0.1) is 45.8 Å². The Hall–Kier alpha value is -2.54. The molecule has 0 aromatic carbocycles. The quantitative estimate of drug-likeness (QED) is 0.218. The summed E-state index contributed by atoms with van der Waals surface area (Å²) >= 11 is 0. The van der Waals surface area contributed by atoms with E-state index in [2.05, 4.69) is 24.8 Å². The fourth-order valence-electron chi connectivity index (χ4n) is 3.98. The van der Waals surface area contributed by atoms with Crippen LogP contribution in [0.25, 0.3) is 0 Å². The van der Waals surface area contributed by atoms with Gasteiger partial charge in [-0.1, -0.05) is 0 Å². The zero-order chi connectivity index (χ0) is 27.8. The fourth-order valence-corrected chi connectivity index (χ4v) is 3.98. The zero-order valence-corrected chi connectivity index (χ0v) is 23.1. The van der Waals surface area contributed by atoms with Crippen molar-refractivity contribution in [1.82, 2.24) is 19.6 Å². The van der Waals surface area contributed by atoms with Crippen LogP contribution in [0.2, 0.25) is 0 Å². The van der Waals surface area contributed by atoms with Gasteiger partial charge in [-0.25, -0.2) is 0 Å². The molecule has 0 saturated carbocycles. The summed E-state index contributed by atoms with van der Waals surface area (Å²) in [5.74, 6) is 0. The van der Waals surface area contributed by atoms with Crippen molar-refractivity contribution in [1.29, 1.82) is 21.0 Å². The van der Waals surface area contributed by atoms with Crippen LogP contribution in [0.5, 0.6) is 0 Å². The second-order valence-corrected chi connectivity index (χ2v) is 9.09. The third-order valence-corrected chi connectivity index (χ3v) is 5.99. The first-order valence-corrected chi connectivity index (χ1v) is 13.2. The first kappa shape index (κ1) is 37.6. The van der Waals surface area contributed by atoms with Gasteiger partial charge < -0.3 is 36.9 Å². The Bertz CT molecular complexity index is 606. The molecule has 0 aromatic heterocycles. The Balaban J connectivity index is 0. The minimum atomic E-state index is -6.00. The summed E-state index contributed by atoms with van der Waals surface area (Å²) in [5, 5.41) is 33.5. The van der Waals surface area contributed by atoms with E-state index in [-0.39, 0.29) is 17.1 Å². The van der Waals surface area contributed by atoms with Crippen molar-refractivity contribution in [3.05, 3.63) is 0 Å². The molecule has 0 N–H and O–H groups in total. The molecule has 4 rings (SSSR count). The molecule has 8 nitrogen and oxygen atoms in total. The van der Waals surface area contributed by atoms with Gasteiger partial charge in [-0.15, -0.1) is 0 Å². The Morgan fingerprint density at radius 1 is 0.368 bits per heavy atom. The number of nitriles is 4. The van der Waals surface area contributed by atoms with Crippen molar-refractivity contribution in [3.63, 3.8) is 0 Å². The van der Waals surface area contributed by atoms with Crippen molar-refractivity contribution in [2.75, 3.05) is 52.4 Å². The average molecular weight is 591 g/mol. The zero-order valence-electron chi connectivity index (χ0n) is 22.1. The number of rotatable bonds is 0. The Morgan fingerprint density at radius 3 is 0.579 bits per heavy atom. The predicted octanol–water partition coefficient (Wildman–Crippen LogP) is 5.11. The molecule has 4 saturated heterocycles. The second-order valence-electron chi connectivity index (χ2n) is 9.09. The Labute approximate surface area is 236 Å². The Kier molecular flexibility index (Phi) is 24.5. The first-order chi connectivity index (χ1) is 17.7. The summed E-state index contributed by atoms with van der Waals surface area (Å²) in [7, 11) is -6.00. The molecule has 0 spiro atoms. The van der Waals surface area contributed by atoms with E-state index in [1.807, 2.05) is 19.6 Å². The van der Waals surface area contributed by atoms with Crippen LogP contribution < -0.4 is 0 Å². The van der Waals surface area contributed by atoms with E-state index in [1.165, 1.54) is 77.0 Å².